The van der Waals surface area contributed by atoms with Crippen LogP contribution in [0.3, 0.4) is 0 Å². The Morgan fingerprint density at radius 1 is 1.33 bits per heavy atom. The third-order valence-corrected chi connectivity index (χ3v) is 4.50. The van der Waals surface area contributed by atoms with Gasteiger partial charge in [0.25, 0.3) is 0 Å². The van der Waals surface area contributed by atoms with Crippen molar-refractivity contribution >= 4 is 5.91 Å². The summed E-state index contributed by atoms with van der Waals surface area (Å²) in [5.41, 5.74) is 0. The molecule has 0 saturated carbocycles. The molecule has 0 spiro atoms. The number of rotatable bonds is 5. The molecule has 0 N–H and O–H groups in total. The van der Waals surface area contributed by atoms with Crippen molar-refractivity contribution < 1.29 is 9.53 Å². The number of carbonyl (C=O) groups is 1. The van der Waals surface area contributed by atoms with E-state index in [1.807, 2.05) is 4.90 Å². The molecule has 0 aromatic heterocycles. The van der Waals surface area contributed by atoms with Crippen LogP contribution < -0.4 is 0 Å². The molecule has 2 aliphatic rings. The fraction of sp³-hybridized carbons (Fsp3) is 0.875. The maximum absolute atomic E-state index is 12.3. The lowest BCUT2D eigenvalue weighted by molar-refractivity contribution is -0.137. The molecule has 5 nitrogen and oxygen atoms in total. The highest BCUT2D eigenvalue weighted by molar-refractivity contribution is 5.76. The third-order valence-electron chi connectivity index (χ3n) is 4.50. The van der Waals surface area contributed by atoms with Gasteiger partial charge in [-0.3, -0.25) is 9.69 Å². The molecule has 2 atom stereocenters. The highest BCUT2D eigenvalue weighted by atomic mass is 16.5. The van der Waals surface area contributed by atoms with E-state index in [4.69, 9.17) is 4.74 Å². The second-order valence-electron chi connectivity index (χ2n) is 6.04. The van der Waals surface area contributed by atoms with Gasteiger partial charge in [-0.15, -0.1) is 0 Å². The maximum atomic E-state index is 12.3. The summed E-state index contributed by atoms with van der Waals surface area (Å²) in [5, 5.41) is 9.21. The van der Waals surface area contributed by atoms with Crippen molar-refractivity contribution in [3.05, 3.63) is 0 Å². The summed E-state index contributed by atoms with van der Waals surface area (Å²) in [5.74, 6) is 0.213. The molecule has 0 aromatic rings. The van der Waals surface area contributed by atoms with Crippen LogP contribution in [0.2, 0.25) is 0 Å². The van der Waals surface area contributed by atoms with Crippen molar-refractivity contribution in [2.45, 2.75) is 57.6 Å². The van der Waals surface area contributed by atoms with Gasteiger partial charge >= 0.3 is 0 Å². The van der Waals surface area contributed by atoms with Crippen molar-refractivity contribution in [3.8, 4) is 6.07 Å². The van der Waals surface area contributed by atoms with E-state index in [0.29, 0.717) is 6.42 Å². The Balaban J connectivity index is 1.75. The Hall–Kier alpha value is -1.12. The number of hydrogen-bond acceptors (Lipinski definition) is 4. The Morgan fingerprint density at radius 3 is 2.67 bits per heavy atom. The van der Waals surface area contributed by atoms with Gasteiger partial charge in [-0.25, -0.2) is 0 Å². The first kappa shape index (κ1) is 16.3. The van der Waals surface area contributed by atoms with Crippen LogP contribution in [0.15, 0.2) is 0 Å². The molecule has 21 heavy (non-hydrogen) atoms. The van der Waals surface area contributed by atoms with Gasteiger partial charge in [0, 0.05) is 32.8 Å². The Morgan fingerprint density at radius 2 is 2.10 bits per heavy atom. The first-order valence-electron chi connectivity index (χ1n) is 8.27. The van der Waals surface area contributed by atoms with Crippen LogP contribution >= 0.6 is 0 Å². The normalized spacial score (nSPS) is 25.3. The maximum Gasteiger partial charge on any atom is 0.225 e. The molecule has 1 amide bonds. The van der Waals surface area contributed by atoms with Crippen LogP contribution in [0.4, 0.5) is 0 Å². The summed E-state index contributed by atoms with van der Waals surface area (Å²) >= 11 is 0. The molecule has 2 rings (SSSR count). The minimum Gasteiger partial charge on any atom is -0.378 e. The van der Waals surface area contributed by atoms with Crippen LogP contribution in [0, 0.1) is 11.3 Å². The highest BCUT2D eigenvalue weighted by Gasteiger charge is 2.27. The fourth-order valence-electron chi connectivity index (χ4n) is 3.18. The highest BCUT2D eigenvalue weighted by Crippen LogP contribution is 2.18. The average molecular weight is 293 g/mol. The van der Waals surface area contributed by atoms with Crippen LogP contribution in [0.1, 0.15) is 45.4 Å². The van der Waals surface area contributed by atoms with E-state index in [0.717, 1.165) is 58.5 Å². The van der Waals surface area contributed by atoms with E-state index in [2.05, 4.69) is 17.9 Å². The Kier molecular flexibility index (Phi) is 6.47. The first-order valence-corrected chi connectivity index (χ1v) is 8.27. The van der Waals surface area contributed by atoms with Crippen molar-refractivity contribution in [2.24, 2.45) is 0 Å². The van der Waals surface area contributed by atoms with Crippen LogP contribution in [-0.4, -0.2) is 60.6 Å². The zero-order valence-corrected chi connectivity index (χ0v) is 13.1. The zero-order chi connectivity index (χ0) is 15.1. The van der Waals surface area contributed by atoms with E-state index < -0.39 is 0 Å². The molecule has 5 heteroatoms. The molecule has 2 heterocycles. The second-order valence-corrected chi connectivity index (χ2v) is 6.04. The predicted molar refractivity (Wildman–Crippen MR) is 80.7 cm³/mol. The SMILES string of the molecule is CCCC(C#N)N1CCN(C(=O)CC2CCCCO2)CC1. The smallest absolute Gasteiger partial charge is 0.225 e. The van der Waals surface area contributed by atoms with E-state index in [1.54, 1.807) is 0 Å². The molecule has 2 aliphatic heterocycles. The number of hydrogen-bond donors (Lipinski definition) is 0. The summed E-state index contributed by atoms with van der Waals surface area (Å²) in [6.45, 7) is 6.02. The first-order chi connectivity index (χ1) is 10.2. The standard InChI is InChI=1S/C16H27N3O2/c1-2-5-14(13-17)18-7-9-19(10-8-18)16(20)12-15-6-3-4-11-21-15/h14-15H,2-12H2,1H3. The van der Waals surface area contributed by atoms with Gasteiger partial charge in [0.1, 0.15) is 0 Å². The lowest BCUT2D eigenvalue weighted by Crippen LogP contribution is -2.52. The molecular formula is C16H27N3O2. The van der Waals surface area contributed by atoms with Crippen molar-refractivity contribution in [1.82, 2.24) is 9.80 Å². The molecular weight excluding hydrogens is 266 g/mol. The van der Waals surface area contributed by atoms with Crippen molar-refractivity contribution in [3.63, 3.8) is 0 Å². The number of carbonyl (C=O) groups excluding carboxylic acids is 1. The lowest BCUT2D eigenvalue weighted by atomic mass is 10.1. The minimum atomic E-state index is 0.00827. The van der Waals surface area contributed by atoms with E-state index in [1.165, 1.54) is 6.42 Å². The molecule has 2 saturated heterocycles. The van der Waals surface area contributed by atoms with Crippen LogP contribution in [0.25, 0.3) is 0 Å². The van der Waals surface area contributed by atoms with Crippen molar-refractivity contribution in [2.75, 3.05) is 32.8 Å². The van der Waals surface area contributed by atoms with E-state index in [-0.39, 0.29) is 18.1 Å². The van der Waals surface area contributed by atoms with E-state index in [9.17, 15) is 10.1 Å². The number of ether oxygens (including phenoxy) is 1. The number of nitrogens with zero attached hydrogens (tertiary/aromatic N) is 3. The van der Waals surface area contributed by atoms with Gasteiger partial charge < -0.3 is 9.64 Å². The number of nitriles is 1. The van der Waals surface area contributed by atoms with Gasteiger partial charge in [0.05, 0.1) is 24.6 Å². The summed E-state index contributed by atoms with van der Waals surface area (Å²) < 4.78 is 5.65. The lowest BCUT2D eigenvalue weighted by Gasteiger charge is -2.37. The quantitative estimate of drug-likeness (QED) is 0.775. The topological polar surface area (TPSA) is 56.6 Å². The zero-order valence-electron chi connectivity index (χ0n) is 13.1. The second kappa shape index (κ2) is 8.35. The third kappa shape index (κ3) is 4.69. The number of amides is 1. The molecule has 0 radical (unpaired) electrons. The van der Waals surface area contributed by atoms with Crippen molar-refractivity contribution in [1.29, 1.82) is 5.26 Å². The van der Waals surface area contributed by atoms with E-state index >= 15 is 0 Å². The summed E-state index contributed by atoms with van der Waals surface area (Å²) in [7, 11) is 0. The summed E-state index contributed by atoms with van der Waals surface area (Å²) in [6.07, 6.45) is 5.89. The predicted octanol–water partition coefficient (Wildman–Crippen LogP) is 1.78. The van der Waals surface area contributed by atoms with Gasteiger partial charge in [-0.1, -0.05) is 13.3 Å². The summed E-state index contributed by atoms with van der Waals surface area (Å²) in [4.78, 5) is 16.5. The van der Waals surface area contributed by atoms with Gasteiger partial charge in [-0.05, 0) is 25.7 Å². The largest absolute Gasteiger partial charge is 0.378 e. The Labute approximate surface area is 127 Å². The van der Waals surface area contributed by atoms with Gasteiger partial charge in [0.15, 0.2) is 0 Å². The molecule has 2 fully saturated rings. The van der Waals surface area contributed by atoms with Gasteiger partial charge in [-0.2, -0.15) is 5.26 Å². The van der Waals surface area contributed by atoms with Gasteiger partial charge in [0.2, 0.25) is 5.91 Å². The molecule has 0 aliphatic carbocycles. The molecule has 0 aromatic carbocycles. The number of piperazine rings is 1. The molecule has 0 bridgehead atoms. The fourth-order valence-corrected chi connectivity index (χ4v) is 3.18. The molecule has 2 unspecified atom stereocenters. The summed E-state index contributed by atoms with van der Waals surface area (Å²) in [6, 6.07) is 2.39. The monoisotopic (exact) mass is 293 g/mol. The Bertz CT molecular complexity index is 366. The molecule has 118 valence electrons. The average Bonchev–Trinajstić information content (AvgIpc) is 2.54. The van der Waals surface area contributed by atoms with Crippen LogP contribution in [0.5, 0.6) is 0 Å². The van der Waals surface area contributed by atoms with Crippen LogP contribution in [-0.2, 0) is 9.53 Å². The minimum absolute atomic E-state index is 0.00827.